The molecule has 2 N–H and O–H groups in total. The number of nitrogens with zero attached hydrogens (tertiary/aromatic N) is 2. The van der Waals surface area contributed by atoms with Crippen molar-refractivity contribution in [3.63, 3.8) is 0 Å². The smallest absolute Gasteiger partial charge is 0.200 e. The molecule has 2 aromatic carbocycles. The van der Waals surface area contributed by atoms with Crippen molar-refractivity contribution in [1.29, 1.82) is 0 Å². The van der Waals surface area contributed by atoms with Crippen LogP contribution in [0.3, 0.4) is 0 Å². The number of imidazole rings is 2. The molecule has 0 saturated heterocycles. The van der Waals surface area contributed by atoms with E-state index in [1.165, 1.54) is 6.26 Å². The van der Waals surface area contributed by atoms with Gasteiger partial charge in [0.15, 0.2) is 0 Å². The van der Waals surface area contributed by atoms with E-state index in [-0.39, 0.29) is 5.43 Å². The van der Waals surface area contributed by atoms with E-state index >= 15 is 0 Å². The van der Waals surface area contributed by atoms with Crippen LogP contribution < -0.4 is 5.43 Å². The van der Waals surface area contributed by atoms with E-state index in [1.54, 1.807) is 24.7 Å². The summed E-state index contributed by atoms with van der Waals surface area (Å²) in [6.07, 6.45) is 4.91. The normalized spacial score (nSPS) is 11.4. The lowest BCUT2D eigenvalue weighted by Gasteiger charge is -2.04. The van der Waals surface area contributed by atoms with Gasteiger partial charge in [-0.15, -0.1) is 0 Å². The van der Waals surface area contributed by atoms with Crippen LogP contribution in [0.4, 0.5) is 0 Å². The second-order valence-electron chi connectivity index (χ2n) is 6.21. The first-order valence-corrected chi connectivity index (χ1v) is 8.20. The van der Waals surface area contributed by atoms with E-state index in [1.807, 2.05) is 31.2 Å². The minimum atomic E-state index is -0.0621. The molecule has 0 saturated carbocycles. The monoisotopic (exact) mass is 342 g/mol. The maximum absolute atomic E-state index is 12.9. The lowest BCUT2D eigenvalue weighted by Crippen LogP contribution is -2.04. The van der Waals surface area contributed by atoms with Crippen molar-refractivity contribution in [2.45, 2.75) is 6.92 Å². The van der Waals surface area contributed by atoms with Crippen molar-refractivity contribution >= 4 is 22.0 Å². The summed E-state index contributed by atoms with van der Waals surface area (Å²) >= 11 is 0. The summed E-state index contributed by atoms with van der Waals surface area (Å²) in [6, 6.07) is 11.3. The Morgan fingerprint density at radius 2 is 1.85 bits per heavy atom. The molecule has 26 heavy (non-hydrogen) atoms. The maximum atomic E-state index is 12.9. The van der Waals surface area contributed by atoms with Gasteiger partial charge in [0.1, 0.15) is 17.7 Å². The summed E-state index contributed by atoms with van der Waals surface area (Å²) in [4.78, 5) is 27.6. The van der Waals surface area contributed by atoms with Crippen molar-refractivity contribution in [1.82, 2.24) is 19.9 Å². The summed E-state index contributed by atoms with van der Waals surface area (Å²) in [6.45, 7) is 1.91. The quantitative estimate of drug-likeness (QED) is 0.507. The predicted octanol–water partition coefficient (Wildman–Crippen LogP) is 4.03. The number of fused-ring (bicyclic) bond motifs is 2. The van der Waals surface area contributed by atoms with Crippen molar-refractivity contribution in [2.24, 2.45) is 0 Å². The molecule has 6 heteroatoms. The molecule has 126 valence electrons. The number of aromatic amines is 2. The van der Waals surface area contributed by atoms with Crippen LogP contribution in [0.1, 0.15) is 5.82 Å². The molecule has 0 spiro atoms. The average Bonchev–Trinajstić information content (AvgIpc) is 3.29. The van der Waals surface area contributed by atoms with Crippen LogP contribution in [-0.2, 0) is 0 Å². The molecule has 5 rings (SSSR count). The van der Waals surface area contributed by atoms with Crippen LogP contribution in [0.5, 0.6) is 0 Å². The van der Waals surface area contributed by atoms with Gasteiger partial charge in [-0.1, -0.05) is 24.3 Å². The van der Waals surface area contributed by atoms with E-state index in [0.29, 0.717) is 16.5 Å². The molecule has 0 amide bonds. The van der Waals surface area contributed by atoms with Gasteiger partial charge in [-0.25, -0.2) is 9.97 Å². The summed E-state index contributed by atoms with van der Waals surface area (Å²) in [5.74, 6) is 0.865. The third kappa shape index (κ3) is 2.23. The van der Waals surface area contributed by atoms with Gasteiger partial charge in [0.25, 0.3) is 0 Å². The fourth-order valence-electron chi connectivity index (χ4n) is 3.15. The Labute approximate surface area is 147 Å². The molecule has 0 unspecified atom stereocenters. The Morgan fingerprint density at radius 3 is 2.62 bits per heavy atom. The fourth-order valence-corrected chi connectivity index (χ4v) is 3.15. The fraction of sp³-hybridized carbons (Fsp3) is 0.0500. The molecule has 0 aliphatic heterocycles. The number of hydrogen-bond acceptors (Lipinski definition) is 4. The van der Waals surface area contributed by atoms with Gasteiger partial charge in [-0.05, 0) is 24.1 Å². The summed E-state index contributed by atoms with van der Waals surface area (Å²) in [7, 11) is 0. The highest BCUT2D eigenvalue weighted by atomic mass is 16.3. The van der Waals surface area contributed by atoms with Gasteiger partial charge in [0.05, 0.1) is 40.2 Å². The topological polar surface area (TPSA) is 87.6 Å². The van der Waals surface area contributed by atoms with E-state index in [0.717, 1.165) is 33.7 Å². The molecule has 6 nitrogen and oxygen atoms in total. The number of nitrogens with one attached hydrogen (secondary N) is 2. The van der Waals surface area contributed by atoms with Crippen LogP contribution in [0.25, 0.3) is 44.4 Å². The summed E-state index contributed by atoms with van der Waals surface area (Å²) < 4.78 is 5.70. The van der Waals surface area contributed by atoms with Gasteiger partial charge in [-0.3, -0.25) is 4.79 Å². The standard InChI is InChI=1S/C20H14N4O2/c1-11-21-8-18(24-11)13-4-2-12(3-5-13)15-9-26-19-7-17-16(22-10-23-17)6-14(19)20(15)25/h2-10H,1H3,(H,21,24)(H,22,23). The Bertz CT molecular complexity index is 1310. The minimum absolute atomic E-state index is 0.0621. The molecule has 0 fully saturated rings. The average molecular weight is 342 g/mol. The van der Waals surface area contributed by atoms with Gasteiger partial charge >= 0.3 is 0 Å². The first-order chi connectivity index (χ1) is 12.7. The molecule has 0 aliphatic carbocycles. The largest absolute Gasteiger partial charge is 0.463 e. The highest BCUT2D eigenvalue weighted by Gasteiger charge is 2.11. The first kappa shape index (κ1) is 14.7. The lowest BCUT2D eigenvalue weighted by atomic mass is 10.0. The third-order valence-electron chi connectivity index (χ3n) is 4.52. The molecule has 5 aromatic rings. The van der Waals surface area contributed by atoms with Crippen LogP contribution in [0.15, 0.2) is 64.4 Å². The summed E-state index contributed by atoms with van der Waals surface area (Å²) in [5, 5.41) is 0.535. The second kappa shape index (κ2) is 5.42. The van der Waals surface area contributed by atoms with Crippen molar-refractivity contribution in [3.8, 4) is 22.4 Å². The van der Waals surface area contributed by atoms with Gasteiger partial charge in [0.2, 0.25) is 5.43 Å². The molecule has 0 bridgehead atoms. The number of aromatic nitrogens is 4. The van der Waals surface area contributed by atoms with Crippen LogP contribution in [0.2, 0.25) is 0 Å². The highest BCUT2D eigenvalue weighted by Crippen LogP contribution is 2.25. The van der Waals surface area contributed by atoms with E-state index in [2.05, 4.69) is 19.9 Å². The zero-order chi connectivity index (χ0) is 17.7. The predicted molar refractivity (Wildman–Crippen MR) is 99.9 cm³/mol. The van der Waals surface area contributed by atoms with E-state index in [9.17, 15) is 4.79 Å². The number of aryl methyl sites for hydroxylation is 1. The molecule has 0 atom stereocenters. The van der Waals surface area contributed by atoms with Crippen molar-refractivity contribution in [2.75, 3.05) is 0 Å². The minimum Gasteiger partial charge on any atom is -0.463 e. The molecule has 0 aliphatic rings. The van der Waals surface area contributed by atoms with E-state index in [4.69, 9.17) is 4.42 Å². The maximum Gasteiger partial charge on any atom is 0.200 e. The first-order valence-electron chi connectivity index (χ1n) is 8.20. The third-order valence-corrected chi connectivity index (χ3v) is 4.52. The van der Waals surface area contributed by atoms with Crippen molar-refractivity contribution in [3.05, 3.63) is 71.2 Å². The zero-order valence-corrected chi connectivity index (χ0v) is 13.9. The SMILES string of the molecule is Cc1ncc(-c2ccc(-c3coc4cc5nc[nH]c5cc4c3=O)cc2)[nH]1. The number of hydrogen-bond donors (Lipinski definition) is 2. The van der Waals surface area contributed by atoms with Gasteiger partial charge in [-0.2, -0.15) is 0 Å². The van der Waals surface area contributed by atoms with Gasteiger partial charge in [0, 0.05) is 6.07 Å². The van der Waals surface area contributed by atoms with Crippen LogP contribution >= 0.6 is 0 Å². The Morgan fingerprint density at radius 1 is 1.04 bits per heavy atom. The van der Waals surface area contributed by atoms with Crippen molar-refractivity contribution < 1.29 is 4.42 Å². The second-order valence-corrected chi connectivity index (χ2v) is 6.21. The molecular weight excluding hydrogens is 328 g/mol. The molecule has 3 heterocycles. The molecule has 3 aromatic heterocycles. The molecule has 0 radical (unpaired) electrons. The summed E-state index contributed by atoms with van der Waals surface area (Å²) in [5.41, 5.74) is 5.35. The van der Waals surface area contributed by atoms with Crippen LogP contribution in [0, 0.1) is 6.92 Å². The number of rotatable bonds is 2. The highest BCUT2D eigenvalue weighted by molar-refractivity contribution is 5.93. The number of benzene rings is 2. The Balaban J connectivity index is 1.63. The number of H-pyrrole nitrogens is 2. The zero-order valence-electron chi connectivity index (χ0n) is 13.9. The van der Waals surface area contributed by atoms with E-state index < -0.39 is 0 Å². The Hall–Kier alpha value is -3.67. The van der Waals surface area contributed by atoms with Gasteiger partial charge < -0.3 is 14.4 Å². The van der Waals surface area contributed by atoms with Crippen LogP contribution in [-0.4, -0.2) is 19.9 Å². The molecular formula is C20H14N4O2. The lowest BCUT2D eigenvalue weighted by molar-refractivity contribution is 0.605. The Kier molecular flexibility index (Phi) is 3.05.